The number of aromatic nitrogens is 2. The molecule has 1 aliphatic rings. The van der Waals surface area contributed by atoms with E-state index in [0.29, 0.717) is 19.4 Å². The van der Waals surface area contributed by atoms with Crippen LogP contribution in [-0.2, 0) is 16.1 Å². The Labute approximate surface area is 139 Å². The number of ether oxygens (including phenoxy) is 2. The molecule has 124 valence electrons. The van der Waals surface area contributed by atoms with Crippen LogP contribution < -0.4 is 11.2 Å². The Morgan fingerprint density at radius 3 is 2.83 bits per heavy atom. The molecule has 0 radical (unpaired) electrons. The van der Waals surface area contributed by atoms with Crippen LogP contribution in [0.1, 0.15) is 24.6 Å². The Morgan fingerprint density at radius 1 is 1.33 bits per heavy atom. The van der Waals surface area contributed by atoms with Crippen molar-refractivity contribution < 1.29 is 9.47 Å². The minimum Gasteiger partial charge on any atom is -0.373 e. The number of terminal acetylenes is 1. The number of nitrogens with zero attached hydrogens (tertiary/aromatic N) is 1. The molecule has 2 unspecified atom stereocenters. The van der Waals surface area contributed by atoms with Gasteiger partial charge in [0.05, 0.1) is 13.2 Å². The van der Waals surface area contributed by atoms with Gasteiger partial charge in [-0.1, -0.05) is 36.3 Å². The van der Waals surface area contributed by atoms with Crippen LogP contribution in [0.2, 0.25) is 0 Å². The summed E-state index contributed by atoms with van der Waals surface area (Å²) in [5.41, 5.74) is -0.764. The summed E-state index contributed by atoms with van der Waals surface area (Å²) in [4.78, 5) is 25.2. The zero-order valence-corrected chi connectivity index (χ0v) is 13.1. The highest BCUT2D eigenvalue weighted by molar-refractivity contribution is 5.14. The van der Waals surface area contributed by atoms with Crippen LogP contribution in [0.3, 0.4) is 0 Å². The van der Waals surface area contributed by atoms with E-state index in [-0.39, 0.29) is 6.61 Å². The first-order chi connectivity index (χ1) is 11.6. The van der Waals surface area contributed by atoms with E-state index in [1.807, 2.05) is 30.3 Å². The lowest BCUT2D eigenvalue weighted by Crippen LogP contribution is -2.35. The first kappa shape index (κ1) is 16.2. The van der Waals surface area contributed by atoms with Gasteiger partial charge in [0.2, 0.25) is 0 Å². The van der Waals surface area contributed by atoms with Crippen molar-refractivity contribution in [3.05, 3.63) is 69.0 Å². The third kappa shape index (κ3) is 3.48. The molecule has 2 atom stereocenters. The number of H-pyrrole nitrogens is 1. The second-order valence-electron chi connectivity index (χ2n) is 5.75. The van der Waals surface area contributed by atoms with Crippen LogP contribution in [-0.4, -0.2) is 21.8 Å². The minimum absolute atomic E-state index is 0.243. The number of rotatable bonds is 5. The third-order valence-corrected chi connectivity index (χ3v) is 4.03. The molecule has 24 heavy (non-hydrogen) atoms. The normalized spacial score (nSPS) is 23.0. The van der Waals surface area contributed by atoms with Crippen molar-refractivity contribution in [3.8, 4) is 12.3 Å². The van der Waals surface area contributed by atoms with E-state index in [4.69, 9.17) is 15.9 Å². The van der Waals surface area contributed by atoms with Gasteiger partial charge >= 0.3 is 5.69 Å². The fourth-order valence-corrected chi connectivity index (χ4v) is 2.75. The molecule has 0 spiro atoms. The summed E-state index contributed by atoms with van der Waals surface area (Å²) in [7, 11) is 0. The first-order valence-electron chi connectivity index (χ1n) is 7.71. The zero-order chi connectivity index (χ0) is 17.0. The van der Waals surface area contributed by atoms with E-state index in [1.54, 1.807) is 0 Å². The summed E-state index contributed by atoms with van der Waals surface area (Å²) in [6.45, 7) is 0.684. The van der Waals surface area contributed by atoms with E-state index >= 15 is 0 Å². The van der Waals surface area contributed by atoms with Crippen LogP contribution in [0.5, 0.6) is 0 Å². The van der Waals surface area contributed by atoms with Gasteiger partial charge in [-0.05, 0) is 18.4 Å². The maximum atomic E-state index is 11.9. The van der Waals surface area contributed by atoms with Gasteiger partial charge in [-0.15, -0.1) is 6.42 Å². The molecular formula is C18H18N2O4. The molecule has 1 aliphatic heterocycles. The van der Waals surface area contributed by atoms with Crippen molar-refractivity contribution in [1.29, 1.82) is 0 Å². The monoisotopic (exact) mass is 326 g/mol. The lowest BCUT2D eigenvalue weighted by molar-refractivity contribution is -0.0842. The van der Waals surface area contributed by atoms with Crippen molar-refractivity contribution in [1.82, 2.24) is 9.55 Å². The van der Waals surface area contributed by atoms with Crippen molar-refractivity contribution >= 4 is 0 Å². The quantitative estimate of drug-likeness (QED) is 0.844. The number of hydrogen-bond donors (Lipinski definition) is 1. The minimum atomic E-state index is -0.866. The van der Waals surface area contributed by atoms with Crippen molar-refractivity contribution in [2.24, 2.45) is 0 Å². The molecule has 6 nitrogen and oxygen atoms in total. The predicted molar refractivity (Wildman–Crippen MR) is 88.3 cm³/mol. The van der Waals surface area contributed by atoms with E-state index in [0.717, 1.165) is 5.56 Å². The van der Waals surface area contributed by atoms with Crippen LogP contribution >= 0.6 is 0 Å². The highest BCUT2D eigenvalue weighted by Gasteiger charge is 2.40. The molecule has 1 aromatic carbocycles. The lowest BCUT2D eigenvalue weighted by atomic mass is 10.0. The Kier molecular flexibility index (Phi) is 4.65. The van der Waals surface area contributed by atoms with Crippen molar-refractivity contribution in [2.75, 3.05) is 6.61 Å². The van der Waals surface area contributed by atoms with Gasteiger partial charge < -0.3 is 9.47 Å². The smallest absolute Gasteiger partial charge is 0.330 e. The highest BCUT2D eigenvalue weighted by atomic mass is 16.6. The largest absolute Gasteiger partial charge is 0.373 e. The van der Waals surface area contributed by atoms with E-state index in [2.05, 4.69) is 10.9 Å². The summed E-state index contributed by atoms with van der Waals surface area (Å²) in [5.74, 6) is 2.66. The molecule has 6 heteroatoms. The number of aromatic amines is 1. The van der Waals surface area contributed by atoms with E-state index in [1.165, 1.54) is 16.8 Å². The van der Waals surface area contributed by atoms with Gasteiger partial charge in [-0.3, -0.25) is 14.3 Å². The van der Waals surface area contributed by atoms with E-state index < -0.39 is 23.1 Å². The molecule has 3 rings (SSSR count). The molecule has 2 aromatic rings. The average molecular weight is 326 g/mol. The SMILES string of the molecule is C#CC1(COCc2ccccc2)CCC(n2ccc(=O)[nH]c2=O)O1. The van der Waals surface area contributed by atoms with Gasteiger partial charge in [-0.2, -0.15) is 0 Å². The molecule has 0 bridgehead atoms. The molecule has 0 aliphatic carbocycles. The standard InChI is InChI=1S/C18H18N2O4/c1-2-18(13-23-12-14-6-4-3-5-7-14)10-8-16(24-18)20-11-9-15(21)19-17(20)22/h1,3-7,9,11,16H,8,10,12-13H2,(H,19,21,22). The molecule has 1 fully saturated rings. The molecule has 0 saturated carbocycles. The van der Waals surface area contributed by atoms with Gasteiger partial charge in [0, 0.05) is 12.3 Å². The molecule has 0 amide bonds. The van der Waals surface area contributed by atoms with Crippen LogP contribution in [0.4, 0.5) is 0 Å². The average Bonchev–Trinajstić information content (AvgIpc) is 3.00. The van der Waals surface area contributed by atoms with Gasteiger partial charge in [0.25, 0.3) is 5.56 Å². The second-order valence-corrected chi connectivity index (χ2v) is 5.75. The molecule has 1 aromatic heterocycles. The first-order valence-corrected chi connectivity index (χ1v) is 7.71. The maximum absolute atomic E-state index is 11.9. The Morgan fingerprint density at radius 2 is 2.12 bits per heavy atom. The topological polar surface area (TPSA) is 73.3 Å². The summed E-state index contributed by atoms with van der Waals surface area (Å²) in [5, 5.41) is 0. The summed E-state index contributed by atoms with van der Waals surface area (Å²) in [6, 6.07) is 11.1. The van der Waals surface area contributed by atoms with Gasteiger partial charge in [0.1, 0.15) is 6.23 Å². The zero-order valence-electron chi connectivity index (χ0n) is 13.1. The van der Waals surface area contributed by atoms with Crippen molar-refractivity contribution in [3.63, 3.8) is 0 Å². The lowest BCUT2D eigenvalue weighted by Gasteiger charge is -2.24. The second kappa shape index (κ2) is 6.87. The maximum Gasteiger partial charge on any atom is 0.330 e. The molecule has 1 saturated heterocycles. The fourth-order valence-electron chi connectivity index (χ4n) is 2.75. The summed E-state index contributed by atoms with van der Waals surface area (Å²) >= 11 is 0. The molecule has 1 N–H and O–H groups in total. The van der Waals surface area contributed by atoms with Crippen molar-refractivity contribution in [2.45, 2.75) is 31.3 Å². The highest BCUT2D eigenvalue weighted by Crippen LogP contribution is 2.35. The Balaban J connectivity index is 1.65. The van der Waals surface area contributed by atoms with Crippen LogP contribution in [0.15, 0.2) is 52.2 Å². The third-order valence-electron chi connectivity index (χ3n) is 4.03. The predicted octanol–water partition coefficient (Wildman–Crippen LogP) is 1.43. The number of benzene rings is 1. The summed E-state index contributed by atoms with van der Waals surface area (Å²) in [6.07, 6.45) is 7.71. The number of hydrogen-bond acceptors (Lipinski definition) is 4. The Bertz CT molecular complexity index is 850. The van der Waals surface area contributed by atoms with Crippen LogP contribution in [0.25, 0.3) is 0 Å². The fraction of sp³-hybridized carbons (Fsp3) is 0.333. The molecular weight excluding hydrogens is 308 g/mol. The van der Waals surface area contributed by atoms with Gasteiger partial charge in [0.15, 0.2) is 5.60 Å². The molecule has 2 heterocycles. The van der Waals surface area contributed by atoms with Gasteiger partial charge in [-0.25, -0.2) is 4.79 Å². The Hall–Kier alpha value is -2.62. The van der Waals surface area contributed by atoms with E-state index in [9.17, 15) is 9.59 Å². The van der Waals surface area contributed by atoms with Crippen LogP contribution in [0, 0.1) is 12.3 Å². The summed E-state index contributed by atoms with van der Waals surface area (Å²) < 4.78 is 13.0. The number of nitrogens with one attached hydrogen (secondary N) is 1.